The van der Waals surface area contributed by atoms with Crippen molar-refractivity contribution in [2.24, 2.45) is 0 Å². The van der Waals surface area contributed by atoms with Gasteiger partial charge in [0.2, 0.25) is 5.88 Å². The second-order valence-corrected chi connectivity index (χ2v) is 5.55. The van der Waals surface area contributed by atoms with Crippen molar-refractivity contribution in [2.45, 2.75) is 6.42 Å². The van der Waals surface area contributed by atoms with Crippen LogP contribution in [0.4, 0.5) is 0 Å². The van der Waals surface area contributed by atoms with Gasteiger partial charge in [0, 0.05) is 12.1 Å². The van der Waals surface area contributed by atoms with Crippen LogP contribution in [-0.2, 0) is 0 Å². The van der Waals surface area contributed by atoms with Gasteiger partial charge in [-0.05, 0) is 18.2 Å². The normalized spacial score (nSPS) is 13.7. The Morgan fingerprint density at radius 1 is 1.12 bits per heavy atom. The molecule has 25 heavy (non-hydrogen) atoms. The number of fused-ring (bicyclic) bond motifs is 1. The van der Waals surface area contributed by atoms with E-state index in [1.54, 1.807) is 15.6 Å². The van der Waals surface area contributed by atoms with Crippen LogP contribution in [0.5, 0.6) is 5.88 Å². The molecule has 0 N–H and O–H groups in total. The van der Waals surface area contributed by atoms with Crippen molar-refractivity contribution in [3.8, 4) is 11.6 Å². The molecule has 0 unspecified atom stereocenters. The van der Waals surface area contributed by atoms with Crippen LogP contribution in [0.1, 0.15) is 6.42 Å². The van der Waals surface area contributed by atoms with Crippen molar-refractivity contribution in [3.05, 3.63) is 77.4 Å². The molecule has 4 rings (SSSR count). The second-order valence-electron chi connectivity index (χ2n) is 5.55. The van der Waals surface area contributed by atoms with E-state index in [9.17, 15) is 4.79 Å². The first kappa shape index (κ1) is 15.1. The van der Waals surface area contributed by atoms with E-state index in [1.807, 2.05) is 60.7 Å². The molecule has 0 bridgehead atoms. The SMILES string of the molecule is COc1nn(-c2ccccc2)c2ncn(C3=CC=CC=CC3)c(=O)c12. The molecule has 0 fully saturated rings. The van der Waals surface area contributed by atoms with Gasteiger partial charge < -0.3 is 4.74 Å². The zero-order valence-corrected chi connectivity index (χ0v) is 13.7. The zero-order chi connectivity index (χ0) is 17.2. The lowest BCUT2D eigenvalue weighted by atomic mass is 10.3. The average molecular weight is 332 g/mol. The predicted octanol–water partition coefficient (Wildman–Crippen LogP) is 2.95. The van der Waals surface area contributed by atoms with Crippen molar-refractivity contribution < 1.29 is 4.74 Å². The minimum Gasteiger partial charge on any atom is -0.479 e. The number of ether oxygens (including phenoxy) is 1. The number of aromatic nitrogens is 4. The third kappa shape index (κ3) is 2.57. The second kappa shape index (κ2) is 6.24. The van der Waals surface area contributed by atoms with E-state index in [2.05, 4.69) is 10.1 Å². The highest BCUT2D eigenvalue weighted by Crippen LogP contribution is 2.23. The van der Waals surface area contributed by atoms with Crippen molar-refractivity contribution in [3.63, 3.8) is 0 Å². The minimum absolute atomic E-state index is 0.195. The summed E-state index contributed by atoms with van der Waals surface area (Å²) >= 11 is 0. The summed E-state index contributed by atoms with van der Waals surface area (Å²) in [6.45, 7) is 0. The summed E-state index contributed by atoms with van der Waals surface area (Å²) in [5.74, 6) is 0.269. The van der Waals surface area contributed by atoms with E-state index in [0.717, 1.165) is 11.4 Å². The molecule has 0 aliphatic heterocycles. The Hall–Kier alpha value is -3.41. The van der Waals surface area contributed by atoms with Crippen LogP contribution in [0.15, 0.2) is 71.8 Å². The first-order valence-electron chi connectivity index (χ1n) is 7.92. The van der Waals surface area contributed by atoms with Crippen molar-refractivity contribution in [2.75, 3.05) is 7.11 Å². The topological polar surface area (TPSA) is 61.9 Å². The molecule has 0 amide bonds. The molecular weight excluding hydrogens is 316 g/mol. The van der Waals surface area contributed by atoms with E-state index < -0.39 is 0 Å². The highest BCUT2D eigenvalue weighted by atomic mass is 16.5. The zero-order valence-electron chi connectivity index (χ0n) is 13.7. The first-order chi connectivity index (χ1) is 12.3. The Bertz CT molecular complexity index is 1070. The molecule has 124 valence electrons. The van der Waals surface area contributed by atoms with Crippen LogP contribution in [-0.4, -0.2) is 26.4 Å². The number of benzene rings is 1. The molecule has 2 aromatic heterocycles. The van der Waals surface area contributed by atoms with Gasteiger partial charge in [0.25, 0.3) is 5.56 Å². The van der Waals surface area contributed by atoms with Gasteiger partial charge in [0.1, 0.15) is 11.7 Å². The standard InChI is InChI=1S/C19H16N4O2/c1-25-18-16-17(23(21-18)15-11-7-4-8-12-15)20-13-22(19(16)24)14-9-5-2-3-6-10-14/h2-9,11-13H,10H2,1H3. The lowest BCUT2D eigenvalue weighted by molar-refractivity contribution is 0.398. The molecule has 0 saturated carbocycles. The molecule has 0 radical (unpaired) electrons. The molecule has 1 aliphatic rings. The number of hydrogen-bond acceptors (Lipinski definition) is 4. The van der Waals surface area contributed by atoms with Gasteiger partial charge in [0.15, 0.2) is 5.65 Å². The van der Waals surface area contributed by atoms with E-state index in [1.165, 1.54) is 7.11 Å². The molecule has 0 spiro atoms. The Morgan fingerprint density at radius 2 is 1.96 bits per heavy atom. The van der Waals surface area contributed by atoms with E-state index >= 15 is 0 Å². The van der Waals surface area contributed by atoms with Crippen LogP contribution in [0, 0.1) is 0 Å². The summed E-state index contributed by atoms with van der Waals surface area (Å²) in [4.78, 5) is 17.6. The molecule has 1 aliphatic carbocycles. The molecule has 6 heteroatoms. The fourth-order valence-electron chi connectivity index (χ4n) is 2.82. The summed E-state index contributed by atoms with van der Waals surface area (Å²) < 4.78 is 8.51. The third-order valence-electron chi connectivity index (χ3n) is 4.03. The van der Waals surface area contributed by atoms with Crippen molar-refractivity contribution >= 4 is 16.7 Å². The third-order valence-corrected chi connectivity index (χ3v) is 4.03. The molecule has 1 aromatic carbocycles. The number of allylic oxidation sites excluding steroid dienone is 6. The summed E-state index contributed by atoms with van der Waals surface area (Å²) in [6.07, 6.45) is 11.9. The van der Waals surface area contributed by atoms with Gasteiger partial charge in [-0.2, -0.15) is 0 Å². The number of methoxy groups -OCH3 is 1. The smallest absolute Gasteiger partial charge is 0.272 e. The minimum atomic E-state index is -0.195. The average Bonchev–Trinajstić information content (AvgIpc) is 2.83. The van der Waals surface area contributed by atoms with Gasteiger partial charge in [-0.25, -0.2) is 9.67 Å². The molecule has 0 atom stereocenters. The molecule has 3 aromatic rings. The Labute approximate surface area is 144 Å². The summed E-state index contributed by atoms with van der Waals surface area (Å²) in [5.41, 5.74) is 1.95. The molecule has 0 saturated heterocycles. The molecule has 6 nitrogen and oxygen atoms in total. The van der Waals surface area contributed by atoms with Crippen LogP contribution in [0.3, 0.4) is 0 Å². The quantitative estimate of drug-likeness (QED) is 0.740. The number of rotatable bonds is 3. The van der Waals surface area contributed by atoms with E-state index in [4.69, 9.17) is 4.74 Å². The van der Waals surface area contributed by atoms with Crippen LogP contribution < -0.4 is 10.3 Å². The van der Waals surface area contributed by atoms with Gasteiger partial charge in [-0.15, -0.1) is 5.10 Å². The van der Waals surface area contributed by atoms with Gasteiger partial charge in [0.05, 0.1) is 12.8 Å². The lowest BCUT2D eigenvalue weighted by Crippen LogP contribution is -2.20. The van der Waals surface area contributed by atoms with Crippen molar-refractivity contribution in [1.29, 1.82) is 0 Å². The van der Waals surface area contributed by atoms with Crippen LogP contribution in [0.2, 0.25) is 0 Å². The summed E-state index contributed by atoms with van der Waals surface area (Å²) in [5, 5.41) is 4.78. The highest BCUT2D eigenvalue weighted by Gasteiger charge is 2.19. The van der Waals surface area contributed by atoms with Gasteiger partial charge in [-0.3, -0.25) is 9.36 Å². The molecular formula is C19H16N4O2. The Balaban J connectivity index is 1.96. The Morgan fingerprint density at radius 3 is 2.76 bits per heavy atom. The number of para-hydroxylation sites is 1. The number of hydrogen-bond donors (Lipinski definition) is 0. The highest BCUT2D eigenvalue weighted by molar-refractivity contribution is 5.82. The van der Waals surface area contributed by atoms with Crippen LogP contribution >= 0.6 is 0 Å². The maximum Gasteiger partial charge on any atom is 0.272 e. The Kier molecular flexibility index (Phi) is 3.78. The van der Waals surface area contributed by atoms with Gasteiger partial charge >= 0.3 is 0 Å². The predicted molar refractivity (Wildman–Crippen MR) is 96.8 cm³/mol. The fraction of sp³-hybridized carbons (Fsp3) is 0.105. The largest absolute Gasteiger partial charge is 0.479 e. The summed E-state index contributed by atoms with van der Waals surface area (Å²) in [6, 6.07) is 9.55. The summed E-state index contributed by atoms with van der Waals surface area (Å²) in [7, 11) is 1.50. The van der Waals surface area contributed by atoms with Crippen LogP contribution in [0.25, 0.3) is 22.4 Å². The maximum absolute atomic E-state index is 13.1. The number of nitrogens with zero attached hydrogens (tertiary/aromatic N) is 4. The lowest BCUT2D eigenvalue weighted by Gasteiger charge is -2.08. The fourth-order valence-corrected chi connectivity index (χ4v) is 2.82. The van der Waals surface area contributed by atoms with Gasteiger partial charge in [-0.1, -0.05) is 42.5 Å². The maximum atomic E-state index is 13.1. The monoisotopic (exact) mass is 332 g/mol. The van der Waals surface area contributed by atoms with Crippen molar-refractivity contribution in [1.82, 2.24) is 19.3 Å². The van der Waals surface area contributed by atoms with E-state index in [-0.39, 0.29) is 11.4 Å². The first-order valence-corrected chi connectivity index (χ1v) is 7.92. The van der Waals surface area contributed by atoms with E-state index in [0.29, 0.717) is 17.5 Å². The molecule has 2 heterocycles.